The third-order valence-corrected chi connectivity index (χ3v) is 5.01. The molecule has 1 aliphatic rings. The van der Waals surface area contributed by atoms with E-state index in [1.54, 1.807) is 42.4 Å². The molecule has 2 aromatic rings. The van der Waals surface area contributed by atoms with E-state index in [0.717, 1.165) is 11.3 Å². The zero-order chi connectivity index (χ0) is 22.2. The van der Waals surface area contributed by atoms with Gasteiger partial charge in [0.1, 0.15) is 11.5 Å². The predicted octanol–water partition coefficient (Wildman–Crippen LogP) is 3.05. The Hall–Kier alpha value is -3.61. The average molecular weight is 422 g/mol. The van der Waals surface area contributed by atoms with Gasteiger partial charge in [0.25, 0.3) is 5.91 Å². The van der Waals surface area contributed by atoms with Crippen molar-refractivity contribution >= 4 is 23.9 Å². The van der Waals surface area contributed by atoms with E-state index in [1.165, 1.54) is 13.0 Å². The molecule has 162 valence electrons. The van der Waals surface area contributed by atoms with Gasteiger partial charge in [0.05, 0.1) is 7.11 Å². The molecule has 2 aromatic carbocycles. The van der Waals surface area contributed by atoms with Gasteiger partial charge in [-0.3, -0.25) is 14.4 Å². The lowest BCUT2D eigenvalue weighted by Crippen LogP contribution is -2.46. The van der Waals surface area contributed by atoms with Crippen molar-refractivity contribution in [2.75, 3.05) is 20.2 Å². The van der Waals surface area contributed by atoms with E-state index in [4.69, 9.17) is 9.47 Å². The second-order valence-electron chi connectivity index (χ2n) is 7.30. The third-order valence-electron chi connectivity index (χ3n) is 5.01. The summed E-state index contributed by atoms with van der Waals surface area (Å²) in [7, 11) is 1.61. The van der Waals surface area contributed by atoms with Gasteiger partial charge < -0.3 is 19.7 Å². The van der Waals surface area contributed by atoms with Crippen LogP contribution in [0.1, 0.15) is 35.7 Å². The number of methoxy groups -OCH3 is 1. The van der Waals surface area contributed by atoms with Crippen molar-refractivity contribution < 1.29 is 23.9 Å². The number of carbonyl (C=O) groups is 3. The number of esters is 1. The zero-order valence-corrected chi connectivity index (χ0v) is 17.7. The van der Waals surface area contributed by atoms with Gasteiger partial charge in [-0.25, -0.2) is 0 Å². The summed E-state index contributed by atoms with van der Waals surface area (Å²) in [5.41, 5.74) is 1.39. The highest BCUT2D eigenvalue weighted by molar-refractivity contribution is 5.95. The van der Waals surface area contributed by atoms with Crippen LogP contribution < -0.4 is 14.8 Å². The minimum absolute atomic E-state index is 0.0180. The highest BCUT2D eigenvalue weighted by Crippen LogP contribution is 2.18. The van der Waals surface area contributed by atoms with Crippen molar-refractivity contribution in [2.45, 2.75) is 25.8 Å². The first-order valence-corrected chi connectivity index (χ1v) is 10.1. The lowest BCUT2D eigenvalue weighted by Gasteiger charge is -2.32. The van der Waals surface area contributed by atoms with E-state index < -0.39 is 5.97 Å². The summed E-state index contributed by atoms with van der Waals surface area (Å²) >= 11 is 0. The minimum atomic E-state index is -0.429. The Morgan fingerprint density at radius 2 is 1.74 bits per heavy atom. The number of piperidine rings is 1. The smallest absolute Gasteiger partial charge is 0.308 e. The molecule has 0 atom stereocenters. The van der Waals surface area contributed by atoms with Crippen LogP contribution >= 0.6 is 0 Å². The Bertz CT molecular complexity index is 960. The van der Waals surface area contributed by atoms with E-state index in [2.05, 4.69) is 5.32 Å². The largest absolute Gasteiger partial charge is 0.497 e. The van der Waals surface area contributed by atoms with Crippen molar-refractivity contribution in [3.8, 4) is 11.5 Å². The van der Waals surface area contributed by atoms with Crippen LogP contribution in [0.4, 0.5) is 0 Å². The van der Waals surface area contributed by atoms with Gasteiger partial charge in [0.2, 0.25) is 5.91 Å². The van der Waals surface area contributed by atoms with E-state index in [0.29, 0.717) is 37.2 Å². The fourth-order valence-corrected chi connectivity index (χ4v) is 3.40. The Morgan fingerprint density at radius 3 is 2.39 bits per heavy atom. The first-order valence-electron chi connectivity index (χ1n) is 10.1. The molecule has 31 heavy (non-hydrogen) atoms. The normalized spacial score (nSPS) is 14.3. The van der Waals surface area contributed by atoms with Crippen LogP contribution in [0, 0.1) is 0 Å². The van der Waals surface area contributed by atoms with Crippen LogP contribution in [0.2, 0.25) is 0 Å². The van der Waals surface area contributed by atoms with Crippen molar-refractivity contribution in [3.63, 3.8) is 0 Å². The molecule has 0 unspecified atom stereocenters. The number of nitrogens with one attached hydrogen (secondary N) is 1. The molecular formula is C24H26N2O5. The Kier molecular flexibility index (Phi) is 7.43. The number of nitrogens with zero attached hydrogens (tertiary/aromatic N) is 1. The van der Waals surface area contributed by atoms with Gasteiger partial charge in [-0.1, -0.05) is 18.2 Å². The van der Waals surface area contributed by atoms with Crippen LogP contribution in [0.3, 0.4) is 0 Å². The molecule has 7 nitrogen and oxygen atoms in total. The molecule has 0 aliphatic carbocycles. The Morgan fingerprint density at radius 1 is 1.03 bits per heavy atom. The number of amides is 2. The molecule has 2 amide bonds. The summed E-state index contributed by atoms with van der Waals surface area (Å²) in [5.74, 6) is 0.417. The maximum Gasteiger partial charge on any atom is 0.308 e. The second-order valence-corrected chi connectivity index (χ2v) is 7.30. The first kappa shape index (κ1) is 22.1. The molecule has 1 heterocycles. The maximum absolute atomic E-state index is 12.7. The highest BCUT2D eigenvalue weighted by atomic mass is 16.5. The second kappa shape index (κ2) is 10.4. The molecule has 0 bridgehead atoms. The zero-order valence-electron chi connectivity index (χ0n) is 17.7. The summed E-state index contributed by atoms with van der Waals surface area (Å²) in [6.45, 7) is 2.41. The maximum atomic E-state index is 12.7. The summed E-state index contributed by atoms with van der Waals surface area (Å²) in [6.07, 6.45) is 4.62. The SMILES string of the molecule is COc1ccc(/C=C/C(=O)NC2CCN(C(=O)c3cccc(OC(C)=O)c3)CC2)cc1. The molecule has 3 rings (SSSR count). The van der Waals surface area contributed by atoms with Gasteiger partial charge in [0, 0.05) is 37.7 Å². The topological polar surface area (TPSA) is 84.9 Å². The van der Waals surface area contributed by atoms with Crippen LogP contribution in [0.25, 0.3) is 6.08 Å². The fraction of sp³-hybridized carbons (Fsp3) is 0.292. The number of carbonyl (C=O) groups excluding carboxylic acids is 3. The number of rotatable bonds is 6. The van der Waals surface area contributed by atoms with E-state index in [1.807, 2.05) is 24.3 Å². The van der Waals surface area contributed by atoms with Gasteiger partial charge in [-0.15, -0.1) is 0 Å². The molecule has 1 fully saturated rings. The lowest BCUT2D eigenvalue weighted by molar-refractivity contribution is -0.131. The number of benzene rings is 2. The summed E-state index contributed by atoms with van der Waals surface area (Å²) < 4.78 is 10.2. The van der Waals surface area contributed by atoms with E-state index in [9.17, 15) is 14.4 Å². The van der Waals surface area contributed by atoms with Gasteiger partial charge in [-0.05, 0) is 54.8 Å². The van der Waals surface area contributed by atoms with Crippen molar-refractivity contribution in [1.29, 1.82) is 0 Å². The monoisotopic (exact) mass is 422 g/mol. The molecule has 0 spiro atoms. The molecular weight excluding hydrogens is 396 g/mol. The molecule has 7 heteroatoms. The van der Waals surface area contributed by atoms with Crippen molar-refractivity contribution in [2.24, 2.45) is 0 Å². The number of hydrogen-bond donors (Lipinski definition) is 1. The molecule has 1 saturated heterocycles. The Balaban J connectivity index is 1.48. The minimum Gasteiger partial charge on any atom is -0.497 e. The number of likely N-dealkylation sites (tertiary alicyclic amines) is 1. The first-order chi connectivity index (χ1) is 14.9. The van der Waals surface area contributed by atoms with Crippen molar-refractivity contribution in [1.82, 2.24) is 10.2 Å². The van der Waals surface area contributed by atoms with Crippen molar-refractivity contribution in [3.05, 3.63) is 65.7 Å². The standard InChI is InChI=1S/C24H26N2O5/c1-17(27)31-22-5-3-4-19(16-22)24(29)26-14-12-20(13-15-26)25-23(28)11-8-18-6-9-21(30-2)10-7-18/h3-11,16,20H,12-15H2,1-2H3,(H,25,28)/b11-8+. The molecule has 0 aromatic heterocycles. The van der Waals surface area contributed by atoms with Gasteiger partial charge in [-0.2, -0.15) is 0 Å². The van der Waals surface area contributed by atoms with Crippen LogP contribution in [-0.2, 0) is 9.59 Å². The molecule has 1 N–H and O–H groups in total. The molecule has 0 radical (unpaired) electrons. The van der Waals surface area contributed by atoms with Gasteiger partial charge >= 0.3 is 5.97 Å². The summed E-state index contributed by atoms with van der Waals surface area (Å²) in [4.78, 5) is 37.8. The third kappa shape index (κ3) is 6.44. The van der Waals surface area contributed by atoms with Crippen LogP contribution in [-0.4, -0.2) is 48.9 Å². The number of hydrogen-bond acceptors (Lipinski definition) is 5. The average Bonchev–Trinajstić information content (AvgIpc) is 2.78. The summed E-state index contributed by atoms with van der Waals surface area (Å²) in [6, 6.07) is 14.1. The predicted molar refractivity (Wildman–Crippen MR) is 117 cm³/mol. The number of ether oxygens (including phenoxy) is 2. The molecule has 1 aliphatic heterocycles. The van der Waals surface area contributed by atoms with E-state index >= 15 is 0 Å². The van der Waals surface area contributed by atoms with Crippen LogP contribution in [0.15, 0.2) is 54.6 Å². The van der Waals surface area contributed by atoms with E-state index in [-0.39, 0.29) is 17.9 Å². The quantitative estimate of drug-likeness (QED) is 0.439. The summed E-state index contributed by atoms with van der Waals surface area (Å²) in [5, 5.41) is 3.00. The van der Waals surface area contributed by atoms with Gasteiger partial charge in [0.15, 0.2) is 0 Å². The fourth-order valence-electron chi connectivity index (χ4n) is 3.40. The highest BCUT2D eigenvalue weighted by Gasteiger charge is 2.24. The Labute approximate surface area is 181 Å². The lowest BCUT2D eigenvalue weighted by atomic mass is 10.0. The molecule has 0 saturated carbocycles. The van der Waals surface area contributed by atoms with Crippen LogP contribution in [0.5, 0.6) is 11.5 Å².